The Morgan fingerprint density at radius 1 is 1.12 bits per heavy atom. The maximum atomic E-state index is 12.5. The molecular formula is C22H22N6O3S. The second-order valence-electron chi connectivity index (χ2n) is 7.19. The van der Waals surface area contributed by atoms with Crippen LogP contribution in [0.25, 0.3) is 23.1 Å². The first-order valence-electron chi connectivity index (χ1n) is 9.82. The third kappa shape index (κ3) is 4.65. The summed E-state index contributed by atoms with van der Waals surface area (Å²) in [6, 6.07) is 13.4. The van der Waals surface area contributed by atoms with Gasteiger partial charge in [-0.3, -0.25) is 4.79 Å². The molecule has 32 heavy (non-hydrogen) atoms. The molecular weight excluding hydrogens is 428 g/mol. The first-order chi connectivity index (χ1) is 15.4. The second-order valence-corrected chi connectivity index (χ2v) is 8.14. The van der Waals surface area contributed by atoms with Gasteiger partial charge in [-0.2, -0.15) is 4.98 Å². The van der Waals surface area contributed by atoms with Crippen molar-refractivity contribution in [2.24, 2.45) is 7.05 Å². The molecule has 1 amide bonds. The highest BCUT2D eigenvalue weighted by molar-refractivity contribution is 7.99. The van der Waals surface area contributed by atoms with Gasteiger partial charge in [0.2, 0.25) is 17.6 Å². The highest BCUT2D eigenvalue weighted by Gasteiger charge is 2.19. The highest BCUT2D eigenvalue weighted by Crippen LogP contribution is 2.27. The molecule has 0 aliphatic heterocycles. The van der Waals surface area contributed by atoms with E-state index in [1.807, 2.05) is 56.3 Å². The molecule has 10 heteroatoms. The molecule has 9 nitrogen and oxygen atoms in total. The van der Waals surface area contributed by atoms with Gasteiger partial charge in [-0.25, -0.2) is 0 Å². The van der Waals surface area contributed by atoms with Crippen LogP contribution in [0.2, 0.25) is 0 Å². The van der Waals surface area contributed by atoms with Crippen LogP contribution in [-0.4, -0.2) is 43.7 Å². The van der Waals surface area contributed by atoms with Crippen molar-refractivity contribution in [3.8, 4) is 28.9 Å². The SMILES string of the molecule is COc1ccc(C)cc1NC(=O)CSc1nnc(-c2nc(-c3ccc(C)cc3)no2)n1C. The molecule has 2 heterocycles. The molecule has 0 saturated carbocycles. The van der Waals surface area contributed by atoms with Crippen LogP contribution in [0, 0.1) is 13.8 Å². The van der Waals surface area contributed by atoms with E-state index in [-0.39, 0.29) is 17.6 Å². The van der Waals surface area contributed by atoms with E-state index in [0.717, 1.165) is 16.7 Å². The molecule has 0 atom stereocenters. The molecule has 4 rings (SSSR count). The number of thioether (sulfide) groups is 1. The van der Waals surface area contributed by atoms with Crippen LogP contribution in [0.1, 0.15) is 11.1 Å². The Morgan fingerprint density at radius 2 is 1.88 bits per heavy atom. The van der Waals surface area contributed by atoms with Gasteiger partial charge in [0.05, 0.1) is 18.6 Å². The fourth-order valence-corrected chi connectivity index (χ4v) is 3.71. The smallest absolute Gasteiger partial charge is 0.296 e. The number of rotatable bonds is 7. The standard InChI is InChI=1S/C22H22N6O3S/c1-13-5-8-15(9-6-13)19-24-21(31-27-19)20-25-26-22(28(20)3)32-12-18(29)23-16-11-14(2)7-10-17(16)30-4/h5-11H,12H2,1-4H3,(H,23,29). The third-order valence-corrected chi connectivity index (χ3v) is 5.74. The Kier molecular flexibility index (Phi) is 6.22. The van der Waals surface area contributed by atoms with Crippen LogP contribution < -0.4 is 10.1 Å². The molecule has 4 aromatic rings. The Morgan fingerprint density at radius 3 is 2.62 bits per heavy atom. The van der Waals surface area contributed by atoms with Crippen LogP contribution in [0.3, 0.4) is 0 Å². The minimum absolute atomic E-state index is 0.154. The number of hydrogen-bond acceptors (Lipinski definition) is 8. The quantitative estimate of drug-likeness (QED) is 0.423. The van der Waals surface area contributed by atoms with Crippen molar-refractivity contribution in [3.05, 3.63) is 53.6 Å². The zero-order valence-electron chi connectivity index (χ0n) is 18.1. The predicted molar refractivity (Wildman–Crippen MR) is 122 cm³/mol. The molecule has 0 aliphatic carbocycles. The van der Waals surface area contributed by atoms with Crippen LogP contribution >= 0.6 is 11.8 Å². The summed E-state index contributed by atoms with van der Waals surface area (Å²) in [7, 11) is 3.35. The summed E-state index contributed by atoms with van der Waals surface area (Å²) in [6.45, 7) is 3.97. The van der Waals surface area contributed by atoms with Gasteiger partial charge in [0.1, 0.15) is 5.75 Å². The molecule has 2 aromatic carbocycles. The molecule has 1 N–H and O–H groups in total. The first kappa shape index (κ1) is 21.6. The summed E-state index contributed by atoms with van der Waals surface area (Å²) in [5.74, 6) is 1.75. The molecule has 0 fully saturated rings. The van der Waals surface area contributed by atoms with Crippen molar-refractivity contribution in [3.63, 3.8) is 0 Å². The zero-order chi connectivity index (χ0) is 22.7. The van der Waals surface area contributed by atoms with E-state index >= 15 is 0 Å². The number of ether oxygens (including phenoxy) is 1. The van der Waals surface area contributed by atoms with Crippen LogP contribution in [0.4, 0.5) is 5.69 Å². The topological polar surface area (TPSA) is 108 Å². The number of aryl methyl sites for hydroxylation is 2. The Bertz CT molecular complexity index is 1250. The van der Waals surface area contributed by atoms with Gasteiger partial charge in [0.25, 0.3) is 5.89 Å². The van der Waals surface area contributed by atoms with E-state index in [4.69, 9.17) is 9.26 Å². The first-order valence-corrected chi connectivity index (χ1v) is 10.8. The van der Waals surface area contributed by atoms with Gasteiger partial charge in [0, 0.05) is 12.6 Å². The third-order valence-electron chi connectivity index (χ3n) is 4.72. The maximum absolute atomic E-state index is 12.5. The lowest BCUT2D eigenvalue weighted by atomic mass is 10.1. The van der Waals surface area contributed by atoms with Crippen molar-refractivity contribution in [1.29, 1.82) is 0 Å². The molecule has 0 spiro atoms. The lowest BCUT2D eigenvalue weighted by Crippen LogP contribution is -2.15. The van der Waals surface area contributed by atoms with Gasteiger partial charge < -0.3 is 19.1 Å². The fraction of sp³-hybridized carbons (Fsp3) is 0.227. The van der Waals surface area contributed by atoms with Gasteiger partial charge in [-0.15, -0.1) is 10.2 Å². The Balaban J connectivity index is 1.43. The summed E-state index contributed by atoms with van der Waals surface area (Å²) in [4.78, 5) is 16.9. The monoisotopic (exact) mass is 450 g/mol. The number of methoxy groups -OCH3 is 1. The number of nitrogens with zero attached hydrogens (tertiary/aromatic N) is 5. The summed E-state index contributed by atoms with van der Waals surface area (Å²) in [5, 5.41) is 15.8. The molecule has 0 bridgehead atoms. The molecule has 0 aliphatic rings. The molecule has 0 unspecified atom stereocenters. The van der Waals surface area contributed by atoms with E-state index in [1.54, 1.807) is 18.7 Å². The number of carbonyl (C=O) groups is 1. The largest absolute Gasteiger partial charge is 0.495 e. The number of aromatic nitrogens is 5. The second kappa shape index (κ2) is 9.23. The highest BCUT2D eigenvalue weighted by atomic mass is 32.2. The Hall–Kier alpha value is -3.66. The number of carbonyl (C=O) groups excluding carboxylic acids is 1. The number of amides is 1. The van der Waals surface area contributed by atoms with E-state index in [9.17, 15) is 4.79 Å². The number of hydrogen-bond donors (Lipinski definition) is 1. The minimum atomic E-state index is -0.178. The molecule has 164 valence electrons. The normalized spacial score (nSPS) is 10.9. The van der Waals surface area contributed by atoms with E-state index in [2.05, 4.69) is 25.7 Å². The number of benzene rings is 2. The zero-order valence-corrected chi connectivity index (χ0v) is 18.9. The summed E-state index contributed by atoms with van der Waals surface area (Å²) >= 11 is 1.26. The molecule has 2 aromatic heterocycles. The van der Waals surface area contributed by atoms with Crippen LogP contribution in [0.15, 0.2) is 52.1 Å². The predicted octanol–water partition coefficient (Wildman–Crippen LogP) is 3.89. The minimum Gasteiger partial charge on any atom is -0.495 e. The average Bonchev–Trinajstić information content (AvgIpc) is 3.40. The fourth-order valence-electron chi connectivity index (χ4n) is 3.00. The van der Waals surface area contributed by atoms with Crippen LogP contribution in [-0.2, 0) is 11.8 Å². The summed E-state index contributed by atoms with van der Waals surface area (Å²) in [6.07, 6.45) is 0. The number of anilines is 1. The van der Waals surface area contributed by atoms with E-state index < -0.39 is 0 Å². The van der Waals surface area contributed by atoms with Crippen molar-refractivity contribution in [2.45, 2.75) is 19.0 Å². The van der Waals surface area contributed by atoms with E-state index in [1.165, 1.54) is 11.8 Å². The summed E-state index contributed by atoms with van der Waals surface area (Å²) < 4.78 is 12.4. The van der Waals surface area contributed by atoms with E-state index in [0.29, 0.717) is 28.2 Å². The Labute approximate surface area is 189 Å². The van der Waals surface area contributed by atoms with Crippen LogP contribution in [0.5, 0.6) is 5.75 Å². The van der Waals surface area contributed by atoms with Crippen molar-refractivity contribution >= 4 is 23.4 Å². The summed E-state index contributed by atoms with van der Waals surface area (Å²) in [5.41, 5.74) is 3.66. The maximum Gasteiger partial charge on any atom is 0.296 e. The lowest BCUT2D eigenvalue weighted by Gasteiger charge is -2.10. The number of nitrogens with one attached hydrogen (secondary N) is 1. The molecule has 0 radical (unpaired) electrons. The van der Waals surface area contributed by atoms with Crippen molar-refractivity contribution < 1.29 is 14.1 Å². The van der Waals surface area contributed by atoms with Gasteiger partial charge >= 0.3 is 0 Å². The lowest BCUT2D eigenvalue weighted by molar-refractivity contribution is -0.113. The van der Waals surface area contributed by atoms with Gasteiger partial charge in [-0.1, -0.05) is 52.8 Å². The van der Waals surface area contributed by atoms with Crippen molar-refractivity contribution in [1.82, 2.24) is 24.9 Å². The van der Waals surface area contributed by atoms with Gasteiger partial charge in [-0.05, 0) is 31.5 Å². The molecule has 0 saturated heterocycles. The van der Waals surface area contributed by atoms with Crippen molar-refractivity contribution in [2.75, 3.05) is 18.2 Å². The van der Waals surface area contributed by atoms with Gasteiger partial charge in [0.15, 0.2) is 5.16 Å². The average molecular weight is 451 g/mol.